The molecule has 0 saturated heterocycles. The van der Waals surface area contributed by atoms with E-state index in [0.29, 0.717) is 6.61 Å². The Hall–Kier alpha value is -1.85. The zero-order valence-electron chi connectivity index (χ0n) is 11.6. The minimum Gasteiger partial charge on any atom is -0.487 e. The van der Waals surface area contributed by atoms with E-state index in [9.17, 15) is 0 Å². The van der Waals surface area contributed by atoms with E-state index in [1.165, 1.54) is 11.1 Å². The highest BCUT2D eigenvalue weighted by molar-refractivity contribution is 7.15. The highest BCUT2D eigenvalue weighted by Crippen LogP contribution is 2.21. The lowest BCUT2D eigenvalue weighted by molar-refractivity contribution is 0.298. The molecule has 0 aliphatic heterocycles. The second kappa shape index (κ2) is 5.64. The van der Waals surface area contributed by atoms with E-state index < -0.39 is 0 Å². The molecule has 0 saturated carbocycles. The first-order chi connectivity index (χ1) is 9.76. The maximum absolute atomic E-state index is 5.92. The Labute approximate surface area is 122 Å². The highest BCUT2D eigenvalue weighted by atomic mass is 32.1. The number of aryl methyl sites for hydroxylation is 1. The summed E-state index contributed by atoms with van der Waals surface area (Å²) in [5, 5.41) is 5.19. The maximum Gasteiger partial charge on any atom is 0.193 e. The average molecular weight is 287 g/mol. The summed E-state index contributed by atoms with van der Waals surface area (Å²) in [4.78, 5) is 5.52. The van der Waals surface area contributed by atoms with Gasteiger partial charge in [0.15, 0.2) is 4.96 Å². The molecule has 0 fully saturated rings. The van der Waals surface area contributed by atoms with Crippen molar-refractivity contribution in [1.82, 2.24) is 14.7 Å². The number of nitrogens with zero attached hydrogens (tertiary/aromatic N) is 2. The summed E-state index contributed by atoms with van der Waals surface area (Å²) in [5.74, 6) is 0.918. The van der Waals surface area contributed by atoms with Crippen molar-refractivity contribution in [3.8, 4) is 5.75 Å². The number of hydrogen-bond acceptors (Lipinski definition) is 4. The molecule has 4 nitrogen and oxygen atoms in total. The standard InChI is InChI=1S/C15H17N3OS/c1-11-3-4-14(12(7-11)8-16-2)19-10-13-9-18-5-6-20-15(18)17-13/h3-7,9,16H,8,10H2,1-2H3. The minimum absolute atomic E-state index is 0.494. The van der Waals surface area contributed by atoms with Crippen molar-refractivity contribution >= 4 is 16.3 Å². The fourth-order valence-corrected chi connectivity index (χ4v) is 2.89. The van der Waals surface area contributed by atoms with Gasteiger partial charge in [-0.15, -0.1) is 11.3 Å². The smallest absolute Gasteiger partial charge is 0.193 e. The Balaban J connectivity index is 1.75. The van der Waals surface area contributed by atoms with Crippen LogP contribution in [-0.2, 0) is 13.2 Å². The van der Waals surface area contributed by atoms with Crippen LogP contribution in [0.4, 0.5) is 0 Å². The van der Waals surface area contributed by atoms with Crippen LogP contribution in [0.2, 0.25) is 0 Å². The van der Waals surface area contributed by atoms with Crippen LogP contribution in [0.5, 0.6) is 5.75 Å². The van der Waals surface area contributed by atoms with E-state index >= 15 is 0 Å². The Kier molecular flexibility index (Phi) is 3.71. The molecule has 0 radical (unpaired) electrons. The van der Waals surface area contributed by atoms with Gasteiger partial charge in [-0.1, -0.05) is 17.7 Å². The van der Waals surface area contributed by atoms with Crippen LogP contribution in [0.3, 0.4) is 0 Å². The number of hydrogen-bond donors (Lipinski definition) is 1. The van der Waals surface area contributed by atoms with E-state index in [-0.39, 0.29) is 0 Å². The monoisotopic (exact) mass is 287 g/mol. The van der Waals surface area contributed by atoms with Gasteiger partial charge in [-0.25, -0.2) is 4.98 Å². The molecule has 2 aromatic heterocycles. The normalized spacial score (nSPS) is 11.1. The second-order valence-corrected chi connectivity index (χ2v) is 5.63. The molecule has 3 rings (SSSR count). The molecule has 1 aromatic carbocycles. The SMILES string of the molecule is CNCc1cc(C)ccc1OCc1cn2ccsc2n1. The molecule has 2 heterocycles. The van der Waals surface area contributed by atoms with Crippen molar-refractivity contribution in [2.45, 2.75) is 20.1 Å². The lowest BCUT2D eigenvalue weighted by Gasteiger charge is -2.11. The molecule has 0 amide bonds. The third kappa shape index (κ3) is 2.69. The molecule has 104 valence electrons. The molecule has 0 aliphatic rings. The van der Waals surface area contributed by atoms with E-state index in [1.807, 2.05) is 35.3 Å². The average Bonchev–Trinajstić information content (AvgIpc) is 2.99. The molecule has 0 spiro atoms. The number of fused-ring (bicyclic) bond motifs is 1. The fourth-order valence-electron chi connectivity index (χ4n) is 2.17. The van der Waals surface area contributed by atoms with Crippen LogP contribution in [0.25, 0.3) is 4.96 Å². The molecular weight excluding hydrogens is 270 g/mol. The van der Waals surface area contributed by atoms with Gasteiger partial charge in [0.1, 0.15) is 12.4 Å². The molecular formula is C15H17N3OS. The van der Waals surface area contributed by atoms with Crippen LogP contribution in [0.1, 0.15) is 16.8 Å². The van der Waals surface area contributed by atoms with Crippen molar-refractivity contribution in [3.05, 3.63) is 52.8 Å². The summed E-state index contributed by atoms with van der Waals surface area (Å²) < 4.78 is 7.94. The number of benzene rings is 1. The van der Waals surface area contributed by atoms with Crippen LogP contribution in [-0.4, -0.2) is 16.4 Å². The van der Waals surface area contributed by atoms with Gasteiger partial charge in [0.05, 0.1) is 5.69 Å². The third-order valence-corrected chi connectivity index (χ3v) is 3.87. The Morgan fingerprint density at radius 1 is 1.40 bits per heavy atom. The number of thiazole rings is 1. The van der Waals surface area contributed by atoms with Crippen molar-refractivity contribution < 1.29 is 4.74 Å². The van der Waals surface area contributed by atoms with Gasteiger partial charge >= 0.3 is 0 Å². The van der Waals surface area contributed by atoms with E-state index in [4.69, 9.17) is 4.74 Å². The topological polar surface area (TPSA) is 38.6 Å². The molecule has 3 aromatic rings. The largest absolute Gasteiger partial charge is 0.487 e. The first kappa shape index (κ1) is 13.1. The van der Waals surface area contributed by atoms with Crippen molar-refractivity contribution in [2.24, 2.45) is 0 Å². The lowest BCUT2D eigenvalue weighted by Crippen LogP contribution is -2.08. The summed E-state index contributed by atoms with van der Waals surface area (Å²) in [6, 6.07) is 6.25. The van der Waals surface area contributed by atoms with Crippen molar-refractivity contribution in [2.75, 3.05) is 7.05 Å². The van der Waals surface area contributed by atoms with Gasteiger partial charge in [-0.3, -0.25) is 4.40 Å². The van der Waals surface area contributed by atoms with Crippen molar-refractivity contribution in [1.29, 1.82) is 0 Å². The van der Waals surface area contributed by atoms with E-state index in [2.05, 4.69) is 29.4 Å². The summed E-state index contributed by atoms with van der Waals surface area (Å²) in [5.41, 5.74) is 3.37. The summed E-state index contributed by atoms with van der Waals surface area (Å²) in [6.07, 6.45) is 4.02. The minimum atomic E-state index is 0.494. The number of rotatable bonds is 5. The summed E-state index contributed by atoms with van der Waals surface area (Å²) in [6.45, 7) is 3.38. The third-order valence-electron chi connectivity index (χ3n) is 3.10. The number of nitrogens with one attached hydrogen (secondary N) is 1. The fraction of sp³-hybridized carbons (Fsp3) is 0.267. The number of imidazole rings is 1. The molecule has 0 atom stereocenters. The van der Waals surface area contributed by atoms with Gasteiger partial charge in [-0.05, 0) is 20.0 Å². The molecule has 0 bridgehead atoms. The molecule has 20 heavy (non-hydrogen) atoms. The van der Waals surface area contributed by atoms with Gasteiger partial charge in [-0.2, -0.15) is 0 Å². The van der Waals surface area contributed by atoms with Crippen LogP contribution < -0.4 is 10.1 Å². The highest BCUT2D eigenvalue weighted by Gasteiger charge is 2.06. The van der Waals surface area contributed by atoms with Crippen molar-refractivity contribution in [3.63, 3.8) is 0 Å². The molecule has 5 heteroatoms. The van der Waals surface area contributed by atoms with E-state index in [1.54, 1.807) is 11.3 Å². The number of aromatic nitrogens is 2. The Morgan fingerprint density at radius 2 is 2.30 bits per heavy atom. The predicted octanol–water partition coefficient (Wildman–Crippen LogP) is 3.00. The Bertz CT molecular complexity index is 688. The first-order valence-corrected chi connectivity index (χ1v) is 7.42. The lowest BCUT2D eigenvalue weighted by atomic mass is 10.1. The van der Waals surface area contributed by atoms with Gasteiger partial charge < -0.3 is 10.1 Å². The van der Waals surface area contributed by atoms with Gasteiger partial charge in [0.2, 0.25) is 0 Å². The summed E-state index contributed by atoms with van der Waals surface area (Å²) >= 11 is 1.63. The first-order valence-electron chi connectivity index (χ1n) is 6.54. The van der Waals surface area contributed by atoms with E-state index in [0.717, 1.165) is 22.9 Å². The maximum atomic E-state index is 5.92. The Morgan fingerprint density at radius 3 is 3.10 bits per heavy atom. The number of ether oxygens (including phenoxy) is 1. The molecule has 0 aliphatic carbocycles. The second-order valence-electron chi connectivity index (χ2n) is 4.76. The molecule has 1 N–H and O–H groups in total. The van der Waals surface area contributed by atoms with Crippen LogP contribution >= 0.6 is 11.3 Å². The van der Waals surface area contributed by atoms with Gasteiger partial charge in [0.25, 0.3) is 0 Å². The van der Waals surface area contributed by atoms with Crippen LogP contribution in [0.15, 0.2) is 36.0 Å². The summed E-state index contributed by atoms with van der Waals surface area (Å²) in [7, 11) is 1.94. The zero-order valence-corrected chi connectivity index (χ0v) is 12.4. The predicted molar refractivity (Wildman–Crippen MR) is 81.3 cm³/mol. The molecule has 0 unspecified atom stereocenters. The van der Waals surface area contributed by atoms with Gasteiger partial charge in [0, 0.05) is 29.9 Å². The van der Waals surface area contributed by atoms with Crippen LogP contribution in [0, 0.1) is 6.92 Å². The quantitative estimate of drug-likeness (QED) is 0.784. The zero-order chi connectivity index (χ0) is 13.9.